The molecule has 0 radical (unpaired) electrons. The second-order valence-corrected chi connectivity index (χ2v) is 4.17. The fourth-order valence-corrected chi connectivity index (χ4v) is 1.45. The van der Waals surface area contributed by atoms with Crippen LogP contribution in [0.3, 0.4) is 0 Å². The molecule has 0 aliphatic rings. The standard InChI is InChI=1S/C7H8O.C6H4Cl2O/c1-6-4-2-3-5-7(6)8;7-4-2-1-3-5(8)6(4)9/h2-5,8H,1H3;1-3,9H. The third kappa shape index (κ3) is 4.17. The molecule has 2 nitrogen and oxygen atoms in total. The third-order valence-corrected chi connectivity index (χ3v) is 2.66. The summed E-state index contributed by atoms with van der Waals surface area (Å²) in [6.07, 6.45) is 0. The van der Waals surface area contributed by atoms with Gasteiger partial charge in [-0.25, -0.2) is 0 Å². The zero-order valence-corrected chi connectivity index (χ0v) is 10.7. The van der Waals surface area contributed by atoms with E-state index in [4.69, 9.17) is 33.4 Å². The molecule has 0 fully saturated rings. The molecule has 0 saturated heterocycles. The van der Waals surface area contributed by atoms with Gasteiger partial charge in [0.05, 0.1) is 10.0 Å². The van der Waals surface area contributed by atoms with Crippen molar-refractivity contribution < 1.29 is 10.2 Å². The number of hydrogen-bond donors (Lipinski definition) is 2. The van der Waals surface area contributed by atoms with E-state index < -0.39 is 0 Å². The number of benzene rings is 2. The van der Waals surface area contributed by atoms with Crippen molar-refractivity contribution in [3.8, 4) is 11.5 Å². The molecular formula is C13H12Cl2O2. The zero-order valence-electron chi connectivity index (χ0n) is 9.19. The van der Waals surface area contributed by atoms with Gasteiger partial charge in [0.1, 0.15) is 5.75 Å². The van der Waals surface area contributed by atoms with Crippen molar-refractivity contribution in [2.24, 2.45) is 0 Å². The molecule has 2 aromatic rings. The minimum Gasteiger partial charge on any atom is -0.508 e. The summed E-state index contributed by atoms with van der Waals surface area (Å²) in [6.45, 7) is 1.87. The van der Waals surface area contributed by atoms with Gasteiger partial charge in [-0.05, 0) is 30.7 Å². The maximum Gasteiger partial charge on any atom is 0.152 e. The van der Waals surface area contributed by atoms with E-state index in [1.807, 2.05) is 25.1 Å². The first-order chi connectivity index (χ1) is 8.02. The Kier molecular flexibility index (Phi) is 5.13. The molecule has 2 aromatic carbocycles. The Balaban J connectivity index is 0.000000171. The van der Waals surface area contributed by atoms with E-state index in [0.29, 0.717) is 5.75 Å². The summed E-state index contributed by atoms with van der Waals surface area (Å²) in [6, 6.07) is 12.1. The number of phenols is 2. The van der Waals surface area contributed by atoms with Crippen LogP contribution in [-0.4, -0.2) is 10.2 Å². The summed E-state index contributed by atoms with van der Waals surface area (Å²) in [7, 11) is 0. The molecule has 0 bridgehead atoms. The van der Waals surface area contributed by atoms with Crippen LogP contribution in [-0.2, 0) is 0 Å². The van der Waals surface area contributed by atoms with Gasteiger partial charge in [0.15, 0.2) is 5.75 Å². The molecule has 0 aromatic heterocycles. The molecule has 0 saturated carbocycles. The van der Waals surface area contributed by atoms with Gasteiger partial charge < -0.3 is 10.2 Å². The van der Waals surface area contributed by atoms with Gasteiger partial charge in [-0.1, -0.05) is 47.5 Å². The Bertz CT molecular complexity index is 457. The second kappa shape index (κ2) is 6.38. The molecule has 0 aliphatic heterocycles. The Labute approximate surface area is 110 Å². The van der Waals surface area contributed by atoms with E-state index in [0.717, 1.165) is 5.56 Å². The first-order valence-corrected chi connectivity index (χ1v) is 5.65. The highest BCUT2D eigenvalue weighted by atomic mass is 35.5. The molecule has 0 aliphatic carbocycles. The number of rotatable bonds is 0. The van der Waals surface area contributed by atoms with Crippen molar-refractivity contribution in [1.82, 2.24) is 0 Å². The van der Waals surface area contributed by atoms with Crippen LogP contribution in [0.25, 0.3) is 0 Å². The van der Waals surface area contributed by atoms with Gasteiger partial charge in [0.2, 0.25) is 0 Å². The molecule has 17 heavy (non-hydrogen) atoms. The summed E-state index contributed by atoms with van der Waals surface area (Å²) in [5.41, 5.74) is 0.924. The maximum absolute atomic E-state index is 8.94. The highest BCUT2D eigenvalue weighted by Gasteiger charge is 1.99. The average molecular weight is 271 g/mol. The molecule has 2 rings (SSSR count). The van der Waals surface area contributed by atoms with Crippen LogP contribution in [0.4, 0.5) is 0 Å². The van der Waals surface area contributed by atoms with Gasteiger partial charge in [0, 0.05) is 0 Å². The summed E-state index contributed by atoms with van der Waals surface area (Å²) in [5, 5.41) is 18.4. The first kappa shape index (κ1) is 13.7. The summed E-state index contributed by atoms with van der Waals surface area (Å²) < 4.78 is 0. The van der Waals surface area contributed by atoms with Gasteiger partial charge >= 0.3 is 0 Å². The first-order valence-electron chi connectivity index (χ1n) is 4.90. The monoisotopic (exact) mass is 270 g/mol. The highest BCUT2D eigenvalue weighted by Crippen LogP contribution is 2.30. The molecule has 0 heterocycles. The van der Waals surface area contributed by atoms with Crippen molar-refractivity contribution in [3.63, 3.8) is 0 Å². The van der Waals surface area contributed by atoms with Crippen molar-refractivity contribution in [1.29, 1.82) is 0 Å². The lowest BCUT2D eigenvalue weighted by Crippen LogP contribution is -1.68. The lowest BCUT2D eigenvalue weighted by molar-refractivity contribution is 0.471. The smallest absolute Gasteiger partial charge is 0.152 e. The average Bonchev–Trinajstić information content (AvgIpc) is 2.31. The summed E-state index contributed by atoms with van der Waals surface area (Å²) in [5.74, 6) is 0.313. The van der Waals surface area contributed by atoms with Crippen LogP contribution in [0.2, 0.25) is 10.0 Å². The predicted octanol–water partition coefficient (Wildman–Crippen LogP) is 4.40. The van der Waals surface area contributed by atoms with Gasteiger partial charge in [0.25, 0.3) is 0 Å². The quantitative estimate of drug-likeness (QED) is 0.745. The van der Waals surface area contributed by atoms with Crippen LogP contribution < -0.4 is 0 Å². The van der Waals surface area contributed by atoms with E-state index in [2.05, 4.69) is 0 Å². The molecular weight excluding hydrogens is 259 g/mol. The van der Waals surface area contributed by atoms with E-state index in [9.17, 15) is 0 Å². The summed E-state index contributed by atoms with van der Waals surface area (Å²) in [4.78, 5) is 0. The van der Waals surface area contributed by atoms with E-state index in [1.54, 1.807) is 24.3 Å². The third-order valence-electron chi connectivity index (χ3n) is 2.05. The topological polar surface area (TPSA) is 40.5 Å². The van der Waals surface area contributed by atoms with Crippen LogP contribution >= 0.6 is 23.2 Å². The lowest BCUT2D eigenvalue weighted by Gasteiger charge is -1.95. The van der Waals surface area contributed by atoms with Crippen molar-refractivity contribution in [2.45, 2.75) is 6.92 Å². The number of aryl methyl sites for hydroxylation is 1. The lowest BCUT2D eigenvalue weighted by atomic mass is 10.2. The Morgan fingerprint density at radius 1 is 0.824 bits per heavy atom. The number of aromatic hydroxyl groups is 2. The SMILES string of the molecule is Cc1ccccc1O.Oc1c(Cl)cccc1Cl. The Hall–Kier alpha value is -1.38. The number of para-hydroxylation sites is 2. The normalized spacial score (nSPS) is 9.35. The van der Waals surface area contributed by atoms with Gasteiger partial charge in [-0.3, -0.25) is 0 Å². The molecule has 0 unspecified atom stereocenters. The van der Waals surface area contributed by atoms with E-state index in [-0.39, 0.29) is 15.8 Å². The Morgan fingerprint density at radius 2 is 1.35 bits per heavy atom. The van der Waals surface area contributed by atoms with E-state index in [1.165, 1.54) is 0 Å². The maximum atomic E-state index is 8.94. The van der Waals surface area contributed by atoms with Gasteiger partial charge in [-0.15, -0.1) is 0 Å². The molecule has 0 amide bonds. The number of hydrogen-bond acceptors (Lipinski definition) is 2. The molecule has 2 N–H and O–H groups in total. The van der Waals surface area contributed by atoms with Crippen molar-refractivity contribution >= 4 is 23.2 Å². The fraction of sp³-hybridized carbons (Fsp3) is 0.0769. The van der Waals surface area contributed by atoms with Crippen LogP contribution in [0.15, 0.2) is 42.5 Å². The fourth-order valence-electron chi connectivity index (χ4n) is 1.05. The van der Waals surface area contributed by atoms with Gasteiger partial charge in [-0.2, -0.15) is 0 Å². The minimum absolute atomic E-state index is 0.0548. The largest absolute Gasteiger partial charge is 0.508 e. The zero-order chi connectivity index (χ0) is 12.8. The summed E-state index contributed by atoms with van der Waals surface area (Å²) >= 11 is 11.0. The van der Waals surface area contributed by atoms with E-state index >= 15 is 0 Å². The molecule has 4 heteroatoms. The molecule has 90 valence electrons. The van der Waals surface area contributed by atoms with Crippen LogP contribution in [0.5, 0.6) is 11.5 Å². The second-order valence-electron chi connectivity index (χ2n) is 3.36. The van der Waals surface area contributed by atoms with Crippen LogP contribution in [0.1, 0.15) is 5.56 Å². The predicted molar refractivity (Wildman–Crippen MR) is 71.0 cm³/mol. The van der Waals surface area contributed by atoms with Crippen molar-refractivity contribution in [2.75, 3.05) is 0 Å². The number of halogens is 2. The minimum atomic E-state index is -0.0548. The van der Waals surface area contributed by atoms with Crippen LogP contribution in [0, 0.1) is 6.92 Å². The number of phenolic OH excluding ortho intramolecular Hbond substituents is 2. The van der Waals surface area contributed by atoms with Crippen molar-refractivity contribution in [3.05, 3.63) is 58.1 Å². The Morgan fingerprint density at radius 3 is 1.71 bits per heavy atom. The molecule has 0 spiro atoms. The molecule has 0 atom stereocenters. The highest BCUT2D eigenvalue weighted by molar-refractivity contribution is 6.37.